The Kier molecular flexibility index (Phi) is 2.78. The molecule has 0 aromatic heterocycles. The molecule has 0 amide bonds. The fourth-order valence-corrected chi connectivity index (χ4v) is 3.37. The van der Waals surface area contributed by atoms with Crippen LogP contribution in [0.4, 0.5) is 0 Å². The standard InChI is InChI=1S/C13H18BrN2/c14-13-4-2-1-3-12(13)11-16-8-5-15(6-9-16)7-10-16/h1-4H,5-11H2/q+1. The van der Waals surface area contributed by atoms with E-state index < -0.39 is 0 Å². The highest BCUT2D eigenvalue weighted by Crippen LogP contribution is 2.26. The number of hydrogen-bond donors (Lipinski definition) is 0. The first-order valence-electron chi connectivity index (χ1n) is 6.08. The lowest BCUT2D eigenvalue weighted by Crippen LogP contribution is -2.66. The molecule has 1 aromatic rings. The largest absolute Gasteiger partial charge is 0.317 e. The van der Waals surface area contributed by atoms with Gasteiger partial charge in [0.2, 0.25) is 0 Å². The SMILES string of the molecule is Brc1ccccc1C[N+]12CCN(CC1)CC2. The Morgan fingerprint density at radius 1 is 1.06 bits per heavy atom. The van der Waals surface area contributed by atoms with E-state index in [0.29, 0.717) is 0 Å². The number of hydrogen-bond acceptors (Lipinski definition) is 1. The molecule has 0 aliphatic carbocycles. The molecule has 3 heteroatoms. The zero-order valence-electron chi connectivity index (χ0n) is 9.53. The first-order chi connectivity index (χ1) is 7.77. The number of quaternary nitrogens is 1. The van der Waals surface area contributed by atoms with E-state index in [1.807, 2.05) is 0 Å². The summed E-state index contributed by atoms with van der Waals surface area (Å²) in [4.78, 5) is 2.60. The Bertz CT molecular complexity index is 369. The van der Waals surface area contributed by atoms with Crippen LogP contribution >= 0.6 is 15.9 Å². The maximum absolute atomic E-state index is 3.67. The van der Waals surface area contributed by atoms with E-state index >= 15 is 0 Å². The van der Waals surface area contributed by atoms with E-state index in [0.717, 1.165) is 0 Å². The van der Waals surface area contributed by atoms with E-state index in [2.05, 4.69) is 45.1 Å². The summed E-state index contributed by atoms with van der Waals surface area (Å²) in [6.45, 7) is 9.10. The molecule has 3 saturated heterocycles. The Morgan fingerprint density at radius 2 is 1.69 bits per heavy atom. The van der Waals surface area contributed by atoms with Crippen molar-refractivity contribution in [2.24, 2.45) is 0 Å². The van der Waals surface area contributed by atoms with Gasteiger partial charge in [-0.3, -0.25) is 4.90 Å². The van der Waals surface area contributed by atoms with Crippen LogP contribution < -0.4 is 0 Å². The van der Waals surface area contributed by atoms with Crippen LogP contribution in [-0.2, 0) is 6.54 Å². The molecule has 3 aliphatic rings. The van der Waals surface area contributed by atoms with Gasteiger partial charge in [0.15, 0.2) is 0 Å². The second-order valence-corrected chi connectivity index (χ2v) is 5.96. The van der Waals surface area contributed by atoms with Crippen molar-refractivity contribution in [1.82, 2.24) is 4.90 Å². The summed E-state index contributed by atoms with van der Waals surface area (Å²) < 4.78 is 2.58. The average molecular weight is 282 g/mol. The summed E-state index contributed by atoms with van der Waals surface area (Å²) in [5.41, 5.74) is 1.47. The molecule has 4 rings (SSSR count). The van der Waals surface area contributed by atoms with Crippen molar-refractivity contribution >= 4 is 15.9 Å². The predicted molar refractivity (Wildman–Crippen MR) is 69.1 cm³/mol. The van der Waals surface area contributed by atoms with Gasteiger partial charge in [-0.25, -0.2) is 0 Å². The van der Waals surface area contributed by atoms with Crippen LogP contribution in [0.3, 0.4) is 0 Å². The Morgan fingerprint density at radius 3 is 2.31 bits per heavy atom. The lowest BCUT2D eigenvalue weighted by atomic mass is 10.1. The van der Waals surface area contributed by atoms with Crippen LogP contribution in [0.25, 0.3) is 0 Å². The van der Waals surface area contributed by atoms with E-state index in [1.54, 1.807) is 0 Å². The number of rotatable bonds is 2. The molecule has 2 nitrogen and oxygen atoms in total. The smallest absolute Gasteiger partial charge is 0.106 e. The van der Waals surface area contributed by atoms with Crippen LogP contribution in [0.1, 0.15) is 5.56 Å². The Labute approximate surface area is 106 Å². The van der Waals surface area contributed by atoms with E-state index in [1.165, 1.54) is 60.3 Å². The molecule has 86 valence electrons. The summed E-state index contributed by atoms with van der Waals surface area (Å²) in [6, 6.07) is 8.67. The third-order valence-electron chi connectivity index (χ3n) is 4.14. The second-order valence-electron chi connectivity index (χ2n) is 5.10. The molecular weight excluding hydrogens is 264 g/mol. The first-order valence-corrected chi connectivity index (χ1v) is 6.88. The van der Waals surface area contributed by atoms with Crippen molar-refractivity contribution < 1.29 is 4.48 Å². The summed E-state index contributed by atoms with van der Waals surface area (Å²) in [5, 5.41) is 0. The van der Waals surface area contributed by atoms with Crippen molar-refractivity contribution in [3.8, 4) is 0 Å². The van der Waals surface area contributed by atoms with Crippen molar-refractivity contribution in [3.05, 3.63) is 34.3 Å². The summed E-state index contributed by atoms with van der Waals surface area (Å²) >= 11 is 3.67. The normalized spacial score (nSPS) is 32.9. The van der Waals surface area contributed by atoms with Gasteiger partial charge in [-0.05, 0) is 6.07 Å². The number of halogens is 1. The molecule has 16 heavy (non-hydrogen) atoms. The third kappa shape index (κ3) is 1.92. The van der Waals surface area contributed by atoms with Gasteiger partial charge in [0.25, 0.3) is 0 Å². The highest BCUT2D eigenvalue weighted by molar-refractivity contribution is 9.10. The fourth-order valence-electron chi connectivity index (χ4n) is 2.96. The molecular formula is C13H18BrN2+. The monoisotopic (exact) mass is 281 g/mol. The predicted octanol–water partition coefficient (Wildman–Crippen LogP) is 2.10. The zero-order chi connectivity index (χ0) is 11.0. The van der Waals surface area contributed by atoms with Crippen LogP contribution in [0, 0.1) is 0 Å². The lowest BCUT2D eigenvalue weighted by molar-refractivity contribution is -0.953. The molecule has 0 atom stereocenters. The van der Waals surface area contributed by atoms with Crippen molar-refractivity contribution in [3.63, 3.8) is 0 Å². The highest BCUT2D eigenvalue weighted by atomic mass is 79.9. The Balaban J connectivity index is 1.81. The number of nitrogens with zero attached hydrogens (tertiary/aromatic N) is 2. The van der Waals surface area contributed by atoms with Crippen molar-refractivity contribution in [1.29, 1.82) is 0 Å². The quantitative estimate of drug-likeness (QED) is 0.751. The maximum atomic E-state index is 3.67. The average Bonchev–Trinajstić information content (AvgIpc) is 2.34. The van der Waals surface area contributed by atoms with Gasteiger partial charge in [-0.15, -0.1) is 0 Å². The van der Waals surface area contributed by atoms with Crippen LogP contribution in [0.5, 0.6) is 0 Å². The third-order valence-corrected chi connectivity index (χ3v) is 4.91. The molecule has 0 N–H and O–H groups in total. The molecule has 0 saturated carbocycles. The summed E-state index contributed by atoms with van der Waals surface area (Å²) in [6.07, 6.45) is 0. The van der Waals surface area contributed by atoms with Gasteiger partial charge in [0, 0.05) is 29.7 Å². The van der Waals surface area contributed by atoms with Gasteiger partial charge < -0.3 is 4.48 Å². The van der Waals surface area contributed by atoms with Crippen LogP contribution in [-0.4, -0.2) is 48.7 Å². The van der Waals surface area contributed by atoms with Gasteiger partial charge in [-0.1, -0.05) is 34.1 Å². The number of piperazine rings is 3. The minimum atomic E-state index is 1.20. The summed E-state index contributed by atoms with van der Waals surface area (Å²) in [5.74, 6) is 0. The van der Waals surface area contributed by atoms with Crippen LogP contribution in [0.15, 0.2) is 28.7 Å². The van der Waals surface area contributed by atoms with Crippen molar-refractivity contribution in [2.75, 3.05) is 39.3 Å². The van der Waals surface area contributed by atoms with E-state index in [9.17, 15) is 0 Å². The minimum Gasteiger partial charge on any atom is -0.317 e. The molecule has 3 aliphatic heterocycles. The molecule has 3 fully saturated rings. The molecule has 1 aromatic carbocycles. The van der Waals surface area contributed by atoms with Crippen LogP contribution in [0.2, 0.25) is 0 Å². The molecule has 0 radical (unpaired) electrons. The fraction of sp³-hybridized carbons (Fsp3) is 0.538. The molecule has 2 bridgehead atoms. The van der Waals surface area contributed by atoms with Gasteiger partial charge in [0.05, 0.1) is 19.6 Å². The topological polar surface area (TPSA) is 3.24 Å². The minimum absolute atomic E-state index is 1.20. The molecule has 3 heterocycles. The second kappa shape index (κ2) is 4.13. The van der Waals surface area contributed by atoms with Gasteiger partial charge >= 0.3 is 0 Å². The number of fused-ring (bicyclic) bond motifs is 3. The maximum Gasteiger partial charge on any atom is 0.106 e. The van der Waals surface area contributed by atoms with Gasteiger partial charge in [-0.2, -0.15) is 0 Å². The first kappa shape index (κ1) is 10.8. The summed E-state index contributed by atoms with van der Waals surface area (Å²) in [7, 11) is 0. The van der Waals surface area contributed by atoms with E-state index in [4.69, 9.17) is 0 Å². The van der Waals surface area contributed by atoms with Gasteiger partial charge in [0.1, 0.15) is 6.54 Å². The molecule has 0 spiro atoms. The zero-order valence-corrected chi connectivity index (χ0v) is 11.1. The number of benzene rings is 1. The highest BCUT2D eigenvalue weighted by Gasteiger charge is 2.38. The van der Waals surface area contributed by atoms with E-state index in [-0.39, 0.29) is 0 Å². The Hall–Kier alpha value is -0.380. The lowest BCUT2D eigenvalue weighted by Gasteiger charge is -2.50. The van der Waals surface area contributed by atoms with Crippen molar-refractivity contribution in [2.45, 2.75) is 6.54 Å². The molecule has 0 unspecified atom stereocenters.